The van der Waals surface area contributed by atoms with Gasteiger partial charge in [-0.15, -0.1) is 0 Å². The van der Waals surface area contributed by atoms with E-state index in [0.717, 1.165) is 19.8 Å². The first-order valence-electron chi connectivity index (χ1n) is 5.15. The molecule has 0 aliphatic heterocycles. The summed E-state index contributed by atoms with van der Waals surface area (Å²) in [6.07, 6.45) is 0. The minimum Gasteiger partial charge on any atom is -0.379 e. The van der Waals surface area contributed by atoms with Crippen molar-refractivity contribution < 1.29 is 14.2 Å². The van der Waals surface area contributed by atoms with Crippen LogP contribution in [-0.4, -0.2) is 65.2 Å². The second-order valence-corrected chi connectivity index (χ2v) is 3.22. The van der Waals surface area contributed by atoms with E-state index in [1.54, 1.807) is 0 Å². The van der Waals surface area contributed by atoms with E-state index in [-0.39, 0.29) is 0 Å². The molecule has 14 heavy (non-hydrogen) atoms. The average Bonchev–Trinajstić information content (AvgIpc) is 2.15. The molecule has 0 amide bonds. The van der Waals surface area contributed by atoms with Crippen LogP contribution < -0.4 is 0 Å². The van der Waals surface area contributed by atoms with E-state index in [1.165, 1.54) is 0 Å². The molecule has 0 aromatic carbocycles. The summed E-state index contributed by atoms with van der Waals surface area (Å²) in [5, 5.41) is 0. The van der Waals surface area contributed by atoms with E-state index in [2.05, 4.69) is 4.90 Å². The Labute approximate surface area is 87.1 Å². The zero-order valence-corrected chi connectivity index (χ0v) is 9.62. The normalized spacial score (nSPS) is 11.1. The monoisotopic (exact) mass is 205 g/mol. The molecule has 4 heteroatoms. The first kappa shape index (κ1) is 13.8. The molecule has 0 fully saturated rings. The third kappa shape index (κ3) is 11.8. The van der Waals surface area contributed by atoms with Gasteiger partial charge in [0.05, 0.1) is 33.0 Å². The van der Waals surface area contributed by atoms with Gasteiger partial charge in [-0.05, 0) is 21.0 Å². The van der Waals surface area contributed by atoms with Gasteiger partial charge in [0.2, 0.25) is 0 Å². The zero-order valence-electron chi connectivity index (χ0n) is 9.62. The third-order valence-corrected chi connectivity index (χ3v) is 1.63. The van der Waals surface area contributed by atoms with Gasteiger partial charge in [0.15, 0.2) is 0 Å². The molecule has 86 valence electrons. The molecule has 0 rings (SSSR count). The third-order valence-electron chi connectivity index (χ3n) is 1.63. The molecule has 0 saturated heterocycles. The van der Waals surface area contributed by atoms with Crippen molar-refractivity contribution in [2.75, 3.05) is 60.3 Å². The van der Waals surface area contributed by atoms with Crippen LogP contribution in [0.4, 0.5) is 0 Å². The van der Waals surface area contributed by atoms with Crippen LogP contribution in [0.3, 0.4) is 0 Å². The Balaban J connectivity index is 2.85. The van der Waals surface area contributed by atoms with Gasteiger partial charge >= 0.3 is 0 Å². The van der Waals surface area contributed by atoms with Crippen LogP contribution >= 0.6 is 0 Å². The summed E-state index contributed by atoms with van der Waals surface area (Å²) in [7, 11) is 4.06. The Morgan fingerprint density at radius 2 is 1.29 bits per heavy atom. The lowest BCUT2D eigenvalue weighted by Crippen LogP contribution is -2.19. The average molecular weight is 205 g/mol. The molecule has 0 atom stereocenters. The predicted octanol–water partition coefficient (Wildman–Crippen LogP) is 0.618. The lowest BCUT2D eigenvalue weighted by Gasteiger charge is -2.09. The molecule has 0 unspecified atom stereocenters. The summed E-state index contributed by atoms with van der Waals surface area (Å²) in [4.78, 5) is 2.09. The van der Waals surface area contributed by atoms with Gasteiger partial charge in [-0.25, -0.2) is 0 Å². The first-order chi connectivity index (χ1) is 6.77. The molecule has 0 aliphatic carbocycles. The second kappa shape index (κ2) is 10.9. The molecule has 0 heterocycles. The highest BCUT2D eigenvalue weighted by molar-refractivity contribution is 4.40. The molecular weight excluding hydrogens is 182 g/mol. The van der Waals surface area contributed by atoms with Gasteiger partial charge in [0.25, 0.3) is 0 Å². The fourth-order valence-electron chi connectivity index (χ4n) is 0.831. The first-order valence-corrected chi connectivity index (χ1v) is 5.15. The lowest BCUT2D eigenvalue weighted by atomic mass is 10.6. The molecular formula is C10H23NO3. The van der Waals surface area contributed by atoms with Crippen LogP contribution in [0.5, 0.6) is 0 Å². The smallest absolute Gasteiger partial charge is 0.0701 e. The summed E-state index contributed by atoms with van der Waals surface area (Å²) in [5.74, 6) is 0. The van der Waals surface area contributed by atoms with Crippen molar-refractivity contribution >= 4 is 0 Å². The van der Waals surface area contributed by atoms with Crippen molar-refractivity contribution in [3.05, 3.63) is 0 Å². The van der Waals surface area contributed by atoms with Crippen LogP contribution in [0.2, 0.25) is 0 Å². The van der Waals surface area contributed by atoms with E-state index in [1.807, 2.05) is 21.0 Å². The minimum absolute atomic E-state index is 0.653. The quantitative estimate of drug-likeness (QED) is 0.489. The van der Waals surface area contributed by atoms with Gasteiger partial charge in [0.1, 0.15) is 0 Å². The zero-order chi connectivity index (χ0) is 10.6. The second-order valence-electron chi connectivity index (χ2n) is 3.22. The number of hydrogen-bond donors (Lipinski definition) is 0. The molecule has 0 aliphatic rings. The van der Waals surface area contributed by atoms with Crippen LogP contribution in [0.15, 0.2) is 0 Å². The van der Waals surface area contributed by atoms with Crippen molar-refractivity contribution in [1.29, 1.82) is 0 Å². The maximum absolute atomic E-state index is 5.34. The summed E-state index contributed by atoms with van der Waals surface area (Å²) in [6, 6.07) is 0. The standard InChI is InChI=1S/C10H23NO3/c1-4-12-7-8-14-10-9-13-6-5-11(2)3/h4-10H2,1-3H3. The molecule has 4 nitrogen and oxygen atoms in total. The topological polar surface area (TPSA) is 30.9 Å². The summed E-state index contributed by atoms with van der Waals surface area (Å²) < 4.78 is 15.7. The highest BCUT2D eigenvalue weighted by Gasteiger charge is 1.91. The largest absolute Gasteiger partial charge is 0.379 e. The lowest BCUT2D eigenvalue weighted by molar-refractivity contribution is 0.0146. The van der Waals surface area contributed by atoms with Gasteiger partial charge in [0, 0.05) is 13.2 Å². The number of ether oxygens (including phenoxy) is 3. The Hall–Kier alpha value is -0.160. The predicted molar refractivity (Wildman–Crippen MR) is 56.7 cm³/mol. The molecule has 0 bridgehead atoms. The van der Waals surface area contributed by atoms with Gasteiger partial charge in [-0.3, -0.25) is 0 Å². The van der Waals surface area contributed by atoms with Crippen molar-refractivity contribution in [2.24, 2.45) is 0 Å². The molecule has 0 aromatic heterocycles. The maximum Gasteiger partial charge on any atom is 0.0701 e. The fraction of sp³-hybridized carbons (Fsp3) is 1.00. The van der Waals surface area contributed by atoms with Crippen LogP contribution in [0.25, 0.3) is 0 Å². The Bertz CT molecular complexity index is 110. The van der Waals surface area contributed by atoms with Gasteiger partial charge < -0.3 is 19.1 Å². The van der Waals surface area contributed by atoms with Crippen molar-refractivity contribution in [3.8, 4) is 0 Å². The van der Waals surface area contributed by atoms with E-state index in [4.69, 9.17) is 14.2 Å². The Morgan fingerprint density at radius 3 is 1.79 bits per heavy atom. The Morgan fingerprint density at radius 1 is 0.786 bits per heavy atom. The van der Waals surface area contributed by atoms with Crippen LogP contribution in [0.1, 0.15) is 6.92 Å². The molecule has 0 saturated carbocycles. The molecule has 0 aromatic rings. The van der Waals surface area contributed by atoms with Gasteiger partial charge in [-0.1, -0.05) is 0 Å². The number of likely N-dealkylation sites (N-methyl/N-ethyl adjacent to an activating group) is 1. The SMILES string of the molecule is CCOCCOCCOCCN(C)C. The highest BCUT2D eigenvalue weighted by atomic mass is 16.5. The number of rotatable bonds is 10. The summed E-state index contributed by atoms with van der Waals surface area (Å²) >= 11 is 0. The van der Waals surface area contributed by atoms with E-state index >= 15 is 0 Å². The Kier molecular flexibility index (Phi) is 10.8. The number of hydrogen-bond acceptors (Lipinski definition) is 4. The fourth-order valence-corrected chi connectivity index (χ4v) is 0.831. The van der Waals surface area contributed by atoms with Crippen LogP contribution in [-0.2, 0) is 14.2 Å². The van der Waals surface area contributed by atoms with E-state index < -0.39 is 0 Å². The minimum atomic E-state index is 0.653. The van der Waals surface area contributed by atoms with E-state index in [9.17, 15) is 0 Å². The summed E-state index contributed by atoms with van der Waals surface area (Å²) in [5.41, 5.74) is 0. The molecule has 0 N–H and O–H groups in total. The van der Waals surface area contributed by atoms with Crippen molar-refractivity contribution in [3.63, 3.8) is 0 Å². The van der Waals surface area contributed by atoms with Crippen LogP contribution in [0, 0.1) is 0 Å². The van der Waals surface area contributed by atoms with Crippen molar-refractivity contribution in [1.82, 2.24) is 4.90 Å². The van der Waals surface area contributed by atoms with Gasteiger partial charge in [-0.2, -0.15) is 0 Å². The number of nitrogens with zero attached hydrogens (tertiary/aromatic N) is 1. The highest BCUT2D eigenvalue weighted by Crippen LogP contribution is 1.82. The van der Waals surface area contributed by atoms with Crippen molar-refractivity contribution in [2.45, 2.75) is 6.92 Å². The maximum atomic E-state index is 5.34. The molecule has 0 spiro atoms. The van der Waals surface area contributed by atoms with E-state index in [0.29, 0.717) is 26.4 Å². The summed E-state index contributed by atoms with van der Waals surface area (Å²) in [6.45, 7) is 7.10. The molecule has 0 radical (unpaired) electrons.